The van der Waals surface area contributed by atoms with Crippen LogP contribution in [0.1, 0.15) is 18.9 Å². The Hall–Kier alpha value is -0.600. The Morgan fingerprint density at radius 3 is 3.15 bits per heavy atom. The molecule has 1 atom stereocenters. The lowest BCUT2D eigenvalue weighted by Crippen LogP contribution is -2.28. The molecule has 0 saturated heterocycles. The van der Waals surface area contributed by atoms with Gasteiger partial charge in [0.25, 0.3) is 0 Å². The molecule has 13 heavy (non-hydrogen) atoms. The third-order valence-corrected chi connectivity index (χ3v) is 2.70. The van der Waals surface area contributed by atoms with Crippen LogP contribution in [0.4, 0.5) is 0 Å². The summed E-state index contributed by atoms with van der Waals surface area (Å²) in [5, 5.41) is 7.80. The summed E-state index contributed by atoms with van der Waals surface area (Å²) < 4.78 is 0. The zero-order valence-corrected chi connectivity index (χ0v) is 8.94. The fraction of sp³-hybridized carbons (Fsp3) is 0.455. The summed E-state index contributed by atoms with van der Waals surface area (Å²) in [4.78, 5) is 0. The van der Waals surface area contributed by atoms with Crippen molar-refractivity contribution in [2.24, 2.45) is 0 Å². The van der Waals surface area contributed by atoms with E-state index in [2.05, 4.69) is 35.6 Å². The maximum atomic E-state index is 3.69. The summed E-state index contributed by atoms with van der Waals surface area (Å²) in [6.45, 7) is 6.95. The van der Waals surface area contributed by atoms with Gasteiger partial charge in [-0.15, -0.1) is 6.58 Å². The summed E-state index contributed by atoms with van der Waals surface area (Å²) in [5.41, 5.74) is 1.43. The highest BCUT2D eigenvalue weighted by Crippen LogP contribution is 2.08. The van der Waals surface area contributed by atoms with E-state index in [9.17, 15) is 0 Å². The zero-order chi connectivity index (χ0) is 9.52. The van der Waals surface area contributed by atoms with Crippen molar-refractivity contribution in [3.8, 4) is 0 Å². The number of rotatable bonds is 6. The molecule has 0 bridgehead atoms. The molecule has 1 rings (SSSR count). The molecule has 0 radical (unpaired) electrons. The second kappa shape index (κ2) is 5.95. The van der Waals surface area contributed by atoms with Gasteiger partial charge in [0.05, 0.1) is 0 Å². The van der Waals surface area contributed by atoms with Crippen LogP contribution in [0.25, 0.3) is 0 Å². The van der Waals surface area contributed by atoms with E-state index in [1.165, 1.54) is 5.56 Å². The summed E-state index contributed by atoms with van der Waals surface area (Å²) in [5.74, 6) is 0. The molecule has 1 nitrogen and oxygen atoms in total. The van der Waals surface area contributed by atoms with Crippen molar-refractivity contribution in [1.82, 2.24) is 5.32 Å². The van der Waals surface area contributed by atoms with Gasteiger partial charge in [0.1, 0.15) is 0 Å². The standard InChI is InChI=1S/C11H17NS/c1-3-4-6-12-10(2)8-11-5-7-13-9-11/h3,5,7,9-10,12H,1,4,6,8H2,2H3. The zero-order valence-electron chi connectivity index (χ0n) is 8.12. The predicted octanol–water partition coefficient (Wildman–Crippen LogP) is 2.84. The lowest BCUT2D eigenvalue weighted by Gasteiger charge is -2.11. The van der Waals surface area contributed by atoms with E-state index < -0.39 is 0 Å². The van der Waals surface area contributed by atoms with Crippen molar-refractivity contribution in [3.05, 3.63) is 35.0 Å². The Morgan fingerprint density at radius 2 is 2.54 bits per heavy atom. The van der Waals surface area contributed by atoms with Crippen LogP contribution in [-0.2, 0) is 6.42 Å². The van der Waals surface area contributed by atoms with Crippen LogP contribution in [0.3, 0.4) is 0 Å². The Morgan fingerprint density at radius 1 is 1.69 bits per heavy atom. The molecule has 72 valence electrons. The molecule has 0 saturated carbocycles. The van der Waals surface area contributed by atoms with Gasteiger partial charge in [-0.3, -0.25) is 0 Å². The van der Waals surface area contributed by atoms with Crippen LogP contribution in [0.15, 0.2) is 29.5 Å². The van der Waals surface area contributed by atoms with E-state index in [-0.39, 0.29) is 0 Å². The monoisotopic (exact) mass is 195 g/mol. The van der Waals surface area contributed by atoms with Crippen molar-refractivity contribution in [1.29, 1.82) is 0 Å². The fourth-order valence-electron chi connectivity index (χ4n) is 1.27. The van der Waals surface area contributed by atoms with Crippen LogP contribution >= 0.6 is 11.3 Å². The van der Waals surface area contributed by atoms with E-state index in [1.807, 2.05) is 6.08 Å². The molecule has 1 N–H and O–H groups in total. The highest BCUT2D eigenvalue weighted by Gasteiger charge is 2.01. The topological polar surface area (TPSA) is 12.0 Å². The number of hydrogen-bond acceptors (Lipinski definition) is 2. The van der Waals surface area contributed by atoms with Gasteiger partial charge in [0.15, 0.2) is 0 Å². The highest BCUT2D eigenvalue weighted by atomic mass is 32.1. The van der Waals surface area contributed by atoms with Crippen molar-refractivity contribution in [2.45, 2.75) is 25.8 Å². The molecule has 1 aromatic heterocycles. The van der Waals surface area contributed by atoms with E-state index in [1.54, 1.807) is 11.3 Å². The van der Waals surface area contributed by atoms with Crippen molar-refractivity contribution < 1.29 is 0 Å². The average Bonchev–Trinajstić information content (AvgIpc) is 2.57. The third-order valence-electron chi connectivity index (χ3n) is 1.96. The second-order valence-corrected chi connectivity index (χ2v) is 4.05. The summed E-state index contributed by atoms with van der Waals surface area (Å²) in [6, 6.07) is 2.76. The SMILES string of the molecule is C=CCCNC(C)Cc1ccsc1. The maximum absolute atomic E-state index is 3.69. The Balaban J connectivity index is 2.17. The molecule has 0 aliphatic heterocycles. The molecule has 1 aromatic rings. The van der Waals surface area contributed by atoms with Crippen LogP contribution in [0, 0.1) is 0 Å². The smallest absolute Gasteiger partial charge is 0.00795 e. The molecule has 0 aliphatic rings. The molecule has 1 heterocycles. The molecule has 0 spiro atoms. The van der Waals surface area contributed by atoms with Crippen LogP contribution < -0.4 is 5.32 Å². The van der Waals surface area contributed by atoms with Gasteiger partial charge < -0.3 is 5.32 Å². The first-order chi connectivity index (χ1) is 6.33. The maximum Gasteiger partial charge on any atom is 0.00795 e. The number of nitrogens with one attached hydrogen (secondary N) is 1. The van der Waals surface area contributed by atoms with Crippen LogP contribution in [0.2, 0.25) is 0 Å². The van der Waals surface area contributed by atoms with Gasteiger partial charge in [0.2, 0.25) is 0 Å². The van der Waals surface area contributed by atoms with Crippen LogP contribution in [0.5, 0.6) is 0 Å². The van der Waals surface area contributed by atoms with Crippen molar-refractivity contribution in [3.63, 3.8) is 0 Å². The van der Waals surface area contributed by atoms with Gasteiger partial charge in [0, 0.05) is 6.04 Å². The Labute approximate surface area is 84.5 Å². The molecule has 0 amide bonds. The summed E-state index contributed by atoms with van der Waals surface area (Å²) in [7, 11) is 0. The fourth-order valence-corrected chi connectivity index (χ4v) is 1.95. The highest BCUT2D eigenvalue weighted by molar-refractivity contribution is 7.07. The molecule has 0 aliphatic carbocycles. The minimum absolute atomic E-state index is 0.564. The minimum Gasteiger partial charge on any atom is -0.314 e. The minimum atomic E-state index is 0.564. The van der Waals surface area contributed by atoms with Crippen molar-refractivity contribution in [2.75, 3.05) is 6.54 Å². The second-order valence-electron chi connectivity index (χ2n) is 3.27. The molecule has 1 unspecified atom stereocenters. The van der Waals surface area contributed by atoms with Gasteiger partial charge >= 0.3 is 0 Å². The van der Waals surface area contributed by atoms with Gasteiger partial charge in [-0.25, -0.2) is 0 Å². The number of hydrogen-bond donors (Lipinski definition) is 1. The molecular weight excluding hydrogens is 178 g/mol. The molecule has 0 aromatic carbocycles. The number of thiophene rings is 1. The van der Waals surface area contributed by atoms with E-state index >= 15 is 0 Å². The van der Waals surface area contributed by atoms with E-state index in [0.717, 1.165) is 19.4 Å². The Bertz CT molecular complexity index is 228. The summed E-state index contributed by atoms with van der Waals surface area (Å²) >= 11 is 1.77. The lowest BCUT2D eigenvalue weighted by atomic mass is 10.1. The first-order valence-electron chi connectivity index (χ1n) is 4.68. The van der Waals surface area contributed by atoms with Crippen molar-refractivity contribution >= 4 is 11.3 Å². The summed E-state index contributed by atoms with van der Waals surface area (Å²) in [6.07, 6.45) is 4.12. The largest absolute Gasteiger partial charge is 0.314 e. The Kier molecular flexibility index (Phi) is 4.79. The molecule has 2 heteroatoms. The molecular formula is C11H17NS. The van der Waals surface area contributed by atoms with Gasteiger partial charge in [-0.1, -0.05) is 6.08 Å². The van der Waals surface area contributed by atoms with Crippen LogP contribution in [-0.4, -0.2) is 12.6 Å². The first-order valence-corrected chi connectivity index (χ1v) is 5.62. The van der Waals surface area contributed by atoms with E-state index in [4.69, 9.17) is 0 Å². The lowest BCUT2D eigenvalue weighted by molar-refractivity contribution is 0.552. The van der Waals surface area contributed by atoms with Gasteiger partial charge in [-0.2, -0.15) is 11.3 Å². The first kappa shape index (κ1) is 10.5. The molecule has 0 fully saturated rings. The normalized spacial score (nSPS) is 12.7. The third kappa shape index (κ3) is 4.25. The van der Waals surface area contributed by atoms with E-state index in [0.29, 0.717) is 6.04 Å². The predicted molar refractivity (Wildman–Crippen MR) is 60.3 cm³/mol. The average molecular weight is 195 g/mol. The van der Waals surface area contributed by atoms with Gasteiger partial charge in [-0.05, 0) is 48.7 Å². The quantitative estimate of drug-likeness (QED) is 0.543.